The number of pyridine rings is 1. The van der Waals surface area contributed by atoms with Crippen LogP contribution in [-0.2, 0) is 6.18 Å². The van der Waals surface area contributed by atoms with Gasteiger partial charge < -0.3 is 10.9 Å². The number of allylic oxidation sites excluding steroid dienone is 3. The van der Waals surface area contributed by atoms with Crippen LogP contribution in [0, 0.1) is 0 Å². The van der Waals surface area contributed by atoms with E-state index in [0.717, 1.165) is 11.6 Å². The molecule has 24 heavy (non-hydrogen) atoms. The van der Waals surface area contributed by atoms with Crippen LogP contribution >= 0.6 is 11.6 Å². The molecule has 1 aliphatic rings. The average Bonchev–Trinajstić information content (AvgIpc) is 2.55. The molecule has 0 saturated carbocycles. The van der Waals surface area contributed by atoms with Gasteiger partial charge in [-0.2, -0.15) is 13.2 Å². The zero-order valence-corrected chi connectivity index (χ0v) is 13.3. The maximum absolute atomic E-state index is 13.3. The molecular formula is C17H13ClF3N3. The Balaban J connectivity index is 2.17. The lowest BCUT2D eigenvalue weighted by Crippen LogP contribution is -2.30. The fraction of sp³-hybridized carbons (Fsp3) is 0.118. The van der Waals surface area contributed by atoms with Gasteiger partial charge in [-0.1, -0.05) is 23.7 Å². The van der Waals surface area contributed by atoms with Gasteiger partial charge in [-0.15, -0.1) is 0 Å². The fourth-order valence-electron chi connectivity index (χ4n) is 2.58. The summed E-state index contributed by atoms with van der Waals surface area (Å²) in [5, 5.41) is 0.554. The summed E-state index contributed by atoms with van der Waals surface area (Å²) in [6.45, 7) is 1.78. The van der Waals surface area contributed by atoms with Crippen LogP contribution in [0.4, 0.5) is 13.2 Å². The Morgan fingerprint density at radius 3 is 2.46 bits per heavy atom. The van der Waals surface area contributed by atoms with E-state index in [-0.39, 0.29) is 5.69 Å². The second kappa shape index (κ2) is 6.20. The number of benzene rings is 1. The van der Waals surface area contributed by atoms with Crippen LogP contribution in [0.25, 0.3) is 11.1 Å². The van der Waals surface area contributed by atoms with Gasteiger partial charge >= 0.3 is 6.18 Å². The van der Waals surface area contributed by atoms with Crippen molar-refractivity contribution in [3.05, 3.63) is 76.3 Å². The van der Waals surface area contributed by atoms with Crippen LogP contribution in [0.5, 0.6) is 0 Å². The number of hydrazine groups is 1. The van der Waals surface area contributed by atoms with E-state index >= 15 is 0 Å². The number of rotatable bonds is 2. The molecule has 0 bridgehead atoms. The Hall–Kier alpha value is -2.47. The molecule has 3 nitrogen and oxygen atoms in total. The fourth-order valence-corrected chi connectivity index (χ4v) is 2.70. The Bertz CT molecular complexity index is 824. The summed E-state index contributed by atoms with van der Waals surface area (Å²) in [7, 11) is 0. The number of aromatic nitrogens is 1. The van der Waals surface area contributed by atoms with Gasteiger partial charge in [0, 0.05) is 34.3 Å². The molecule has 0 unspecified atom stereocenters. The first-order chi connectivity index (χ1) is 11.4. The Morgan fingerprint density at radius 2 is 1.79 bits per heavy atom. The molecule has 3 rings (SSSR count). The summed E-state index contributed by atoms with van der Waals surface area (Å²) in [5.74, 6) is 0. The minimum Gasteiger partial charge on any atom is -0.308 e. The number of hydrogen-bond acceptors (Lipinski definition) is 3. The van der Waals surface area contributed by atoms with Crippen molar-refractivity contribution in [1.82, 2.24) is 15.8 Å². The van der Waals surface area contributed by atoms with Crippen LogP contribution in [0.15, 0.2) is 54.5 Å². The molecule has 2 heterocycles. The third-order valence-electron chi connectivity index (χ3n) is 3.62. The van der Waals surface area contributed by atoms with Crippen molar-refractivity contribution in [1.29, 1.82) is 0 Å². The van der Waals surface area contributed by atoms with E-state index in [1.165, 1.54) is 18.5 Å². The second-order valence-electron chi connectivity index (χ2n) is 5.23. The summed E-state index contributed by atoms with van der Waals surface area (Å²) in [6.07, 6.45) is -1.66. The normalized spacial score (nSPS) is 14.8. The Kier molecular flexibility index (Phi) is 4.24. The highest BCUT2D eigenvalue weighted by molar-refractivity contribution is 6.30. The monoisotopic (exact) mass is 351 g/mol. The van der Waals surface area contributed by atoms with Gasteiger partial charge in [-0.05, 0) is 36.8 Å². The zero-order chi connectivity index (χ0) is 17.3. The van der Waals surface area contributed by atoms with Crippen LogP contribution in [0.1, 0.15) is 23.7 Å². The zero-order valence-electron chi connectivity index (χ0n) is 12.6. The van der Waals surface area contributed by atoms with Crippen molar-refractivity contribution in [2.75, 3.05) is 0 Å². The van der Waals surface area contributed by atoms with E-state index < -0.39 is 11.7 Å². The minimum atomic E-state index is -4.49. The van der Waals surface area contributed by atoms with E-state index in [0.29, 0.717) is 21.9 Å². The molecule has 0 aliphatic carbocycles. The molecule has 0 radical (unpaired) electrons. The summed E-state index contributed by atoms with van der Waals surface area (Å²) in [5.41, 5.74) is 7.21. The molecule has 7 heteroatoms. The van der Waals surface area contributed by atoms with Gasteiger partial charge in [0.15, 0.2) is 0 Å². The summed E-state index contributed by atoms with van der Waals surface area (Å²) in [4.78, 5) is 3.98. The molecule has 2 aromatic rings. The third kappa shape index (κ3) is 3.10. The van der Waals surface area contributed by atoms with Gasteiger partial charge in [0.05, 0.1) is 11.3 Å². The average molecular weight is 352 g/mol. The number of alkyl halides is 3. The van der Waals surface area contributed by atoms with Gasteiger partial charge in [-0.25, -0.2) is 0 Å². The number of halogens is 4. The van der Waals surface area contributed by atoms with E-state index in [4.69, 9.17) is 11.6 Å². The lowest BCUT2D eigenvalue weighted by atomic mass is 9.91. The predicted octanol–water partition coefficient (Wildman–Crippen LogP) is 4.63. The van der Waals surface area contributed by atoms with Crippen LogP contribution in [-0.4, -0.2) is 4.98 Å². The van der Waals surface area contributed by atoms with Crippen LogP contribution in [0.2, 0.25) is 5.02 Å². The number of nitrogens with one attached hydrogen (secondary N) is 2. The minimum absolute atomic E-state index is 0.122. The number of hydrogen-bond donors (Lipinski definition) is 2. The quantitative estimate of drug-likeness (QED) is 0.828. The van der Waals surface area contributed by atoms with E-state index in [2.05, 4.69) is 15.8 Å². The molecule has 0 saturated heterocycles. The molecule has 0 atom stereocenters. The standard InChI is InChI=1S/C17H13ClF3N3/c1-10-15(11-4-6-12(18)7-5-11)13(9-23-24-10)16-14(17(19,20)21)3-2-8-22-16/h2-9,23-24H,1H3. The smallest absolute Gasteiger partial charge is 0.308 e. The summed E-state index contributed by atoms with van der Waals surface area (Å²) >= 11 is 5.91. The molecule has 124 valence electrons. The van der Waals surface area contributed by atoms with Crippen molar-refractivity contribution in [3.8, 4) is 0 Å². The highest BCUT2D eigenvalue weighted by Crippen LogP contribution is 2.40. The molecule has 0 fully saturated rings. The third-order valence-corrected chi connectivity index (χ3v) is 3.87. The van der Waals surface area contributed by atoms with Crippen LogP contribution in [0.3, 0.4) is 0 Å². The molecular weight excluding hydrogens is 339 g/mol. The van der Waals surface area contributed by atoms with Crippen molar-refractivity contribution < 1.29 is 13.2 Å². The van der Waals surface area contributed by atoms with Crippen molar-refractivity contribution >= 4 is 22.7 Å². The van der Waals surface area contributed by atoms with Gasteiger partial charge in [0.25, 0.3) is 0 Å². The second-order valence-corrected chi connectivity index (χ2v) is 5.67. The lowest BCUT2D eigenvalue weighted by Gasteiger charge is -2.24. The predicted molar refractivity (Wildman–Crippen MR) is 87.5 cm³/mol. The SMILES string of the molecule is CC1=C(c2ccc(Cl)cc2)C(c2ncccc2C(F)(F)F)=CNN1. The molecule has 0 spiro atoms. The van der Waals surface area contributed by atoms with E-state index in [1.54, 1.807) is 31.2 Å². The van der Waals surface area contributed by atoms with Crippen molar-refractivity contribution in [3.63, 3.8) is 0 Å². The van der Waals surface area contributed by atoms with E-state index in [9.17, 15) is 13.2 Å². The Labute approximate surface area is 141 Å². The molecule has 1 aliphatic heterocycles. The van der Waals surface area contributed by atoms with Crippen molar-refractivity contribution in [2.45, 2.75) is 13.1 Å². The van der Waals surface area contributed by atoms with E-state index in [1.807, 2.05) is 0 Å². The lowest BCUT2D eigenvalue weighted by molar-refractivity contribution is -0.138. The molecule has 0 amide bonds. The summed E-state index contributed by atoms with van der Waals surface area (Å²) in [6, 6.07) is 9.22. The van der Waals surface area contributed by atoms with Gasteiger partial charge in [0.2, 0.25) is 0 Å². The first-order valence-electron chi connectivity index (χ1n) is 7.09. The van der Waals surface area contributed by atoms with Crippen LogP contribution < -0.4 is 10.9 Å². The first kappa shape index (κ1) is 16.4. The largest absolute Gasteiger partial charge is 0.418 e. The maximum Gasteiger partial charge on any atom is 0.418 e. The highest BCUT2D eigenvalue weighted by Gasteiger charge is 2.36. The van der Waals surface area contributed by atoms with Gasteiger partial charge in [0.1, 0.15) is 0 Å². The molecule has 2 N–H and O–H groups in total. The van der Waals surface area contributed by atoms with Gasteiger partial charge in [-0.3, -0.25) is 4.98 Å². The Morgan fingerprint density at radius 1 is 1.08 bits per heavy atom. The maximum atomic E-state index is 13.3. The molecule has 1 aromatic carbocycles. The summed E-state index contributed by atoms with van der Waals surface area (Å²) < 4.78 is 40.0. The topological polar surface area (TPSA) is 37.0 Å². The highest BCUT2D eigenvalue weighted by atomic mass is 35.5. The number of nitrogens with zero attached hydrogens (tertiary/aromatic N) is 1. The van der Waals surface area contributed by atoms with Crippen molar-refractivity contribution in [2.24, 2.45) is 0 Å². The molecule has 1 aromatic heterocycles. The first-order valence-corrected chi connectivity index (χ1v) is 7.47.